The second-order valence-electron chi connectivity index (χ2n) is 14.7. The minimum Gasteiger partial charge on any atom is -0.302 e. The zero-order chi connectivity index (χ0) is 22.2. The molecule has 0 atom stereocenters. The first kappa shape index (κ1) is 24.1. The van der Waals surface area contributed by atoms with Crippen LogP contribution in [0.15, 0.2) is 0 Å². The smallest absolute Gasteiger partial charge is 0.00387 e. The van der Waals surface area contributed by atoms with Crippen molar-refractivity contribution in [2.45, 2.75) is 118 Å². The van der Waals surface area contributed by atoms with Gasteiger partial charge in [-0.25, -0.2) is 0 Å². The Morgan fingerprint density at radius 3 is 1.87 bits per heavy atom. The number of nitrogens with zero attached hydrogens (tertiary/aromatic N) is 2. The minimum absolute atomic E-state index is 0.442. The molecule has 2 spiro atoms. The summed E-state index contributed by atoms with van der Waals surface area (Å²) in [6.07, 6.45) is 19.4. The second kappa shape index (κ2) is 9.28. The standard InChI is InChI=1S/C29H54N2/c1-26(2,3)21-31-19-17-29(24-31)15-10-25(11-16-29)20-27(4,5)22-30-18-9-14-28(23-30)12-7-6-8-13-28/h25H,6-24H2,1-5H3. The lowest BCUT2D eigenvalue weighted by atomic mass is 9.66. The lowest BCUT2D eigenvalue weighted by molar-refractivity contribution is 0.0241. The molecule has 0 unspecified atom stereocenters. The largest absolute Gasteiger partial charge is 0.302 e. The summed E-state index contributed by atoms with van der Waals surface area (Å²) in [6, 6.07) is 0. The highest BCUT2D eigenvalue weighted by Crippen LogP contribution is 2.49. The van der Waals surface area contributed by atoms with Gasteiger partial charge in [-0.15, -0.1) is 0 Å². The van der Waals surface area contributed by atoms with Crippen LogP contribution in [-0.4, -0.2) is 49.1 Å². The summed E-state index contributed by atoms with van der Waals surface area (Å²) < 4.78 is 0. The van der Waals surface area contributed by atoms with Crippen LogP contribution in [0.4, 0.5) is 0 Å². The predicted octanol–water partition coefficient (Wildman–Crippen LogP) is 7.38. The topological polar surface area (TPSA) is 6.48 Å². The maximum absolute atomic E-state index is 2.89. The van der Waals surface area contributed by atoms with Crippen molar-refractivity contribution in [2.75, 3.05) is 39.3 Å². The zero-order valence-corrected chi connectivity index (χ0v) is 21.9. The van der Waals surface area contributed by atoms with Gasteiger partial charge >= 0.3 is 0 Å². The Morgan fingerprint density at radius 2 is 1.23 bits per heavy atom. The van der Waals surface area contributed by atoms with E-state index in [0.717, 1.165) is 5.92 Å². The Balaban J connectivity index is 1.23. The maximum atomic E-state index is 2.89. The fraction of sp³-hybridized carbons (Fsp3) is 1.00. The summed E-state index contributed by atoms with van der Waals surface area (Å²) in [5, 5.41) is 0. The van der Waals surface area contributed by atoms with E-state index in [1.54, 1.807) is 0 Å². The van der Waals surface area contributed by atoms with Crippen molar-refractivity contribution in [1.29, 1.82) is 0 Å². The Kier molecular flexibility index (Phi) is 7.20. The Bertz CT molecular complexity index is 567. The van der Waals surface area contributed by atoms with E-state index >= 15 is 0 Å². The summed E-state index contributed by atoms with van der Waals surface area (Å²) in [5.41, 5.74) is 2.30. The molecule has 31 heavy (non-hydrogen) atoms. The van der Waals surface area contributed by atoms with E-state index in [4.69, 9.17) is 0 Å². The Morgan fingerprint density at radius 1 is 0.645 bits per heavy atom. The van der Waals surface area contributed by atoms with Gasteiger partial charge in [-0.05, 0) is 105 Å². The van der Waals surface area contributed by atoms with Crippen LogP contribution in [0.25, 0.3) is 0 Å². The van der Waals surface area contributed by atoms with Crippen molar-refractivity contribution < 1.29 is 0 Å². The summed E-state index contributed by atoms with van der Waals surface area (Å²) in [4.78, 5) is 5.67. The van der Waals surface area contributed by atoms with E-state index in [2.05, 4.69) is 44.4 Å². The van der Waals surface area contributed by atoms with E-state index in [-0.39, 0.29) is 0 Å². The molecule has 0 radical (unpaired) electrons. The highest BCUT2D eigenvalue weighted by Gasteiger charge is 2.43. The molecule has 0 N–H and O–H groups in total. The van der Waals surface area contributed by atoms with Crippen LogP contribution in [0.3, 0.4) is 0 Å². The third-order valence-corrected chi connectivity index (χ3v) is 9.53. The predicted molar refractivity (Wildman–Crippen MR) is 134 cm³/mol. The summed E-state index contributed by atoms with van der Waals surface area (Å²) in [7, 11) is 0. The maximum Gasteiger partial charge on any atom is 0.00387 e. The van der Waals surface area contributed by atoms with Crippen molar-refractivity contribution in [1.82, 2.24) is 9.80 Å². The Hall–Kier alpha value is -0.0800. The molecule has 0 aromatic heterocycles. The first-order valence-corrected chi connectivity index (χ1v) is 14.0. The quantitative estimate of drug-likeness (QED) is 0.449. The van der Waals surface area contributed by atoms with Crippen molar-refractivity contribution in [3.05, 3.63) is 0 Å². The molecule has 0 aromatic carbocycles. The summed E-state index contributed by atoms with van der Waals surface area (Å²) >= 11 is 0. The SMILES string of the molecule is CC(C)(C)CN1CCC2(CCC(CC(C)(C)CN3CCCC4(CCCCC4)C3)CC2)C1. The highest BCUT2D eigenvalue weighted by atomic mass is 15.2. The molecule has 0 bridgehead atoms. The highest BCUT2D eigenvalue weighted by molar-refractivity contribution is 4.96. The lowest BCUT2D eigenvalue weighted by Crippen LogP contribution is -2.47. The number of likely N-dealkylation sites (tertiary alicyclic amines) is 2. The molecule has 2 heterocycles. The fourth-order valence-electron chi connectivity index (χ4n) is 8.34. The molecule has 4 aliphatic rings. The van der Waals surface area contributed by atoms with Crippen molar-refractivity contribution in [2.24, 2.45) is 27.6 Å². The molecule has 0 aromatic rings. The van der Waals surface area contributed by atoms with Gasteiger partial charge in [0.1, 0.15) is 0 Å². The molecule has 2 heteroatoms. The van der Waals surface area contributed by atoms with Crippen LogP contribution in [0.5, 0.6) is 0 Å². The van der Waals surface area contributed by atoms with E-state index in [1.165, 1.54) is 123 Å². The number of hydrogen-bond donors (Lipinski definition) is 0. The number of piperidine rings is 1. The third-order valence-electron chi connectivity index (χ3n) is 9.53. The van der Waals surface area contributed by atoms with Crippen molar-refractivity contribution in [3.63, 3.8) is 0 Å². The molecule has 2 saturated heterocycles. The van der Waals surface area contributed by atoms with E-state index in [0.29, 0.717) is 21.7 Å². The fourth-order valence-corrected chi connectivity index (χ4v) is 8.34. The van der Waals surface area contributed by atoms with E-state index in [9.17, 15) is 0 Å². The van der Waals surface area contributed by atoms with E-state index in [1.807, 2.05) is 0 Å². The van der Waals surface area contributed by atoms with Gasteiger partial charge in [0, 0.05) is 26.2 Å². The first-order valence-electron chi connectivity index (χ1n) is 14.0. The molecular weight excluding hydrogens is 376 g/mol. The number of rotatable bonds is 5. The molecule has 4 rings (SSSR count). The van der Waals surface area contributed by atoms with Gasteiger partial charge in [0.15, 0.2) is 0 Å². The van der Waals surface area contributed by atoms with Gasteiger partial charge in [0.25, 0.3) is 0 Å². The molecule has 2 aliphatic heterocycles. The molecule has 0 amide bonds. The van der Waals surface area contributed by atoms with Gasteiger partial charge in [-0.2, -0.15) is 0 Å². The van der Waals surface area contributed by atoms with Gasteiger partial charge < -0.3 is 9.80 Å². The molecule has 4 fully saturated rings. The van der Waals surface area contributed by atoms with Crippen molar-refractivity contribution >= 4 is 0 Å². The minimum atomic E-state index is 0.442. The first-order chi connectivity index (χ1) is 14.6. The van der Waals surface area contributed by atoms with Crippen LogP contribution < -0.4 is 0 Å². The molecule has 2 saturated carbocycles. The van der Waals surface area contributed by atoms with Crippen LogP contribution in [0.1, 0.15) is 118 Å². The third kappa shape index (κ3) is 6.50. The van der Waals surface area contributed by atoms with Crippen LogP contribution in [0.2, 0.25) is 0 Å². The Labute approximate surface area is 194 Å². The molecular formula is C29H54N2. The zero-order valence-electron chi connectivity index (χ0n) is 21.9. The second-order valence-corrected chi connectivity index (χ2v) is 14.7. The van der Waals surface area contributed by atoms with E-state index < -0.39 is 0 Å². The average molecular weight is 431 g/mol. The van der Waals surface area contributed by atoms with Crippen LogP contribution >= 0.6 is 0 Å². The monoisotopic (exact) mass is 430 g/mol. The average Bonchev–Trinajstić information content (AvgIpc) is 3.04. The molecule has 2 nitrogen and oxygen atoms in total. The molecule has 180 valence electrons. The lowest BCUT2D eigenvalue weighted by Gasteiger charge is -2.48. The van der Waals surface area contributed by atoms with Gasteiger partial charge in [0.2, 0.25) is 0 Å². The van der Waals surface area contributed by atoms with Gasteiger partial charge in [0.05, 0.1) is 0 Å². The summed E-state index contributed by atoms with van der Waals surface area (Å²) in [6.45, 7) is 20.5. The van der Waals surface area contributed by atoms with Gasteiger partial charge in [-0.1, -0.05) is 53.9 Å². The normalized spacial score (nSPS) is 33.4. The van der Waals surface area contributed by atoms with Gasteiger partial charge in [-0.3, -0.25) is 0 Å². The van der Waals surface area contributed by atoms with Crippen molar-refractivity contribution in [3.8, 4) is 0 Å². The van der Waals surface area contributed by atoms with Crippen LogP contribution in [0, 0.1) is 27.6 Å². The molecule has 2 aliphatic carbocycles. The van der Waals surface area contributed by atoms with Crippen LogP contribution in [-0.2, 0) is 0 Å². The number of hydrogen-bond acceptors (Lipinski definition) is 2. The summed E-state index contributed by atoms with van der Waals surface area (Å²) in [5.74, 6) is 0.978.